The molecule has 0 saturated heterocycles. The molecule has 0 bridgehead atoms. The smallest absolute Gasteiger partial charge is 0.140 e. The van der Waals surface area contributed by atoms with Crippen LogP contribution >= 0.6 is 0 Å². The molecule has 20 heavy (non-hydrogen) atoms. The molecule has 0 aromatic carbocycles. The van der Waals surface area contributed by atoms with Gasteiger partial charge in [-0.05, 0) is 42.7 Å². The Morgan fingerprint density at radius 2 is 2.25 bits per heavy atom. The van der Waals surface area contributed by atoms with E-state index in [9.17, 15) is 0 Å². The van der Waals surface area contributed by atoms with Crippen molar-refractivity contribution in [3.8, 4) is 0 Å². The van der Waals surface area contributed by atoms with E-state index in [4.69, 9.17) is 10.5 Å². The van der Waals surface area contributed by atoms with E-state index in [0.29, 0.717) is 11.7 Å². The van der Waals surface area contributed by atoms with Gasteiger partial charge in [0.05, 0.1) is 12.4 Å². The summed E-state index contributed by atoms with van der Waals surface area (Å²) in [5, 5.41) is 1.09. The summed E-state index contributed by atoms with van der Waals surface area (Å²) in [5.74, 6) is 2.02. The number of hydrogen-bond donors (Lipinski definition) is 2. The highest BCUT2D eigenvalue weighted by Crippen LogP contribution is 2.33. The van der Waals surface area contributed by atoms with E-state index in [-0.39, 0.29) is 0 Å². The SMILES string of the molecule is CCOC1=CC=C(c2cc3ccc(N)nc3[nH]2)C(C)C1. The molecular weight excluding hydrogens is 250 g/mol. The number of anilines is 1. The summed E-state index contributed by atoms with van der Waals surface area (Å²) >= 11 is 0. The monoisotopic (exact) mass is 269 g/mol. The molecule has 1 unspecified atom stereocenters. The van der Waals surface area contributed by atoms with Crippen LogP contribution < -0.4 is 5.73 Å². The number of hydrogen-bond acceptors (Lipinski definition) is 3. The van der Waals surface area contributed by atoms with Crippen LogP contribution in [0.4, 0.5) is 5.82 Å². The number of nitrogen functional groups attached to an aromatic ring is 1. The van der Waals surface area contributed by atoms with Crippen LogP contribution in [0.3, 0.4) is 0 Å². The average molecular weight is 269 g/mol. The molecule has 2 aromatic rings. The number of fused-ring (bicyclic) bond motifs is 1. The highest BCUT2D eigenvalue weighted by molar-refractivity contribution is 5.83. The van der Waals surface area contributed by atoms with E-state index in [1.807, 2.05) is 19.1 Å². The molecule has 4 nitrogen and oxygen atoms in total. The van der Waals surface area contributed by atoms with Crippen LogP contribution in [0, 0.1) is 5.92 Å². The fourth-order valence-corrected chi connectivity index (χ4v) is 2.65. The quantitative estimate of drug-likeness (QED) is 0.896. The van der Waals surface area contributed by atoms with Gasteiger partial charge >= 0.3 is 0 Å². The zero-order chi connectivity index (χ0) is 14.1. The second-order valence-electron chi connectivity index (χ2n) is 5.15. The molecule has 0 fully saturated rings. The number of nitrogens with one attached hydrogen (secondary N) is 1. The second-order valence-corrected chi connectivity index (χ2v) is 5.15. The minimum Gasteiger partial charge on any atom is -0.498 e. The first-order valence-corrected chi connectivity index (χ1v) is 6.96. The van der Waals surface area contributed by atoms with Gasteiger partial charge < -0.3 is 15.5 Å². The molecule has 3 rings (SSSR count). The van der Waals surface area contributed by atoms with E-state index in [0.717, 1.165) is 35.5 Å². The maximum atomic E-state index is 5.72. The largest absolute Gasteiger partial charge is 0.498 e. The van der Waals surface area contributed by atoms with Gasteiger partial charge in [0.15, 0.2) is 0 Å². The maximum Gasteiger partial charge on any atom is 0.140 e. The third-order valence-corrected chi connectivity index (χ3v) is 3.63. The number of ether oxygens (including phenoxy) is 1. The summed E-state index contributed by atoms with van der Waals surface area (Å²) < 4.78 is 5.59. The predicted octanol–water partition coefficient (Wildman–Crippen LogP) is 3.49. The minimum atomic E-state index is 0.423. The van der Waals surface area contributed by atoms with E-state index in [1.165, 1.54) is 5.57 Å². The third-order valence-electron chi connectivity index (χ3n) is 3.63. The molecule has 4 heteroatoms. The van der Waals surface area contributed by atoms with Gasteiger partial charge in [0.25, 0.3) is 0 Å². The van der Waals surface area contributed by atoms with E-state index < -0.39 is 0 Å². The Bertz CT molecular complexity index is 697. The Morgan fingerprint density at radius 1 is 1.40 bits per heavy atom. The van der Waals surface area contributed by atoms with Crippen molar-refractivity contribution in [3.05, 3.63) is 41.8 Å². The van der Waals surface area contributed by atoms with Crippen LogP contribution in [-0.2, 0) is 4.74 Å². The van der Waals surface area contributed by atoms with Gasteiger partial charge in [-0.15, -0.1) is 0 Å². The number of aromatic amines is 1. The fourth-order valence-electron chi connectivity index (χ4n) is 2.65. The first kappa shape index (κ1) is 12.8. The molecule has 0 saturated carbocycles. The van der Waals surface area contributed by atoms with Crippen molar-refractivity contribution in [1.29, 1.82) is 0 Å². The summed E-state index contributed by atoms with van der Waals surface area (Å²) in [5.41, 5.74) is 8.95. The minimum absolute atomic E-state index is 0.423. The van der Waals surface area contributed by atoms with Crippen LogP contribution in [0.25, 0.3) is 16.6 Å². The van der Waals surface area contributed by atoms with Crippen molar-refractivity contribution < 1.29 is 4.74 Å². The molecule has 1 atom stereocenters. The van der Waals surface area contributed by atoms with Crippen LogP contribution in [0.2, 0.25) is 0 Å². The Balaban J connectivity index is 1.98. The van der Waals surface area contributed by atoms with Crippen molar-refractivity contribution in [3.63, 3.8) is 0 Å². The number of nitrogens with two attached hydrogens (primary N) is 1. The normalized spacial score (nSPS) is 18.8. The molecular formula is C16H19N3O. The number of rotatable bonds is 3. The molecule has 3 N–H and O–H groups in total. The Kier molecular flexibility index (Phi) is 3.22. The Labute approximate surface area is 118 Å². The van der Waals surface area contributed by atoms with E-state index in [1.54, 1.807) is 0 Å². The van der Waals surface area contributed by atoms with Gasteiger partial charge in [-0.3, -0.25) is 0 Å². The number of H-pyrrole nitrogens is 1. The lowest BCUT2D eigenvalue weighted by molar-refractivity contribution is 0.212. The average Bonchev–Trinajstić information content (AvgIpc) is 2.81. The van der Waals surface area contributed by atoms with Gasteiger partial charge in [-0.25, -0.2) is 4.98 Å². The topological polar surface area (TPSA) is 63.9 Å². The summed E-state index contributed by atoms with van der Waals surface area (Å²) in [6.45, 7) is 4.95. The van der Waals surface area contributed by atoms with E-state index >= 15 is 0 Å². The summed E-state index contributed by atoms with van der Waals surface area (Å²) in [4.78, 5) is 7.67. The van der Waals surface area contributed by atoms with Crippen LogP contribution in [-0.4, -0.2) is 16.6 Å². The van der Waals surface area contributed by atoms with Crippen LogP contribution in [0.15, 0.2) is 36.1 Å². The molecule has 0 aliphatic heterocycles. The summed E-state index contributed by atoms with van der Waals surface area (Å²) in [6, 6.07) is 5.95. The molecule has 1 aliphatic carbocycles. The lowest BCUT2D eigenvalue weighted by Crippen LogP contribution is -2.07. The maximum absolute atomic E-state index is 5.72. The summed E-state index contributed by atoms with van der Waals surface area (Å²) in [7, 11) is 0. The van der Waals surface area contributed by atoms with Gasteiger partial charge in [0.1, 0.15) is 11.5 Å². The molecule has 1 aliphatic rings. The fraction of sp³-hybridized carbons (Fsp3) is 0.312. The molecule has 2 aromatic heterocycles. The first-order valence-electron chi connectivity index (χ1n) is 6.96. The van der Waals surface area contributed by atoms with Gasteiger partial charge in [0, 0.05) is 17.5 Å². The molecule has 2 heterocycles. The van der Waals surface area contributed by atoms with Crippen molar-refractivity contribution in [2.45, 2.75) is 20.3 Å². The zero-order valence-corrected chi connectivity index (χ0v) is 11.8. The number of pyridine rings is 1. The Morgan fingerprint density at radius 3 is 3.00 bits per heavy atom. The van der Waals surface area contributed by atoms with Gasteiger partial charge in [-0.2, -0.15) is 0 Å². The highest BCUT2D eigenvalue weighted by atomic mass is 16.5. The molecule has 104 valence electrons. The van der Waals surface area contributed by atoms with Crippen LogP contribution in [0.1, 0.15) is 26.0 Å². The molecule has 0 spiro atoms. The highest BCUT2D eigenvalue weighted by Gasteiger charge is 2.19. The first-order chi connectivity index (χ1) is 9.67. The zero-order valence-electron chi connectivity index (χ0n) is 11.8. The number of allylic oxidation sites excluding steroid dienone is 4. The lowest BCUT2D eigenvalue weighted by Gasteiger charge is -2.20. The van der Waals surface area contributed by atoms with Crippen molar-refractivity contribution in [1.82, 2.24) is 9.97 Å². The van der Waals surface area contributed by atoms with Crippen molar-refractivity contribution in [2.24, 2.45) is 5.92 Å². The predicted molar refractivity (Wildman–Crippen MR) is 82.0 cm³/mol. The number of aromatic nitrogens is 2. The van der Waals surface area contributed by atoms with E-state index in [2.05, 4.69) is 35.1 Å². The van der Waals surface area contributed by atoms with Crippen molar-refractivity contribution in [2.75, 3.05) is 12.3 Å². The number of nitrogens with zero attached hydrogens (tertiary/aromatic N) is 1. The third kappa shape index (κ3) is 2.29. The summed E-state index contributed by atoms with van der Waals surface area (Å²) in [6.07, 6.45) is 5.13. The molecule has 0 radical (unpaired) electrons. The van der Waals surface area contributed by atoms with Gasteiger partial charge in [0.2, 0.25) is 0 Å². The second kappa shape index (κ2) is 5.04. The lowest BCUT2D eigenvalue weighted by atomic mass is 9.90. The standard InChI is InChI=1S/C16H19N3O/c1-3-20-12-5-6-13(10(2)8-12)14-9-11-4-7-15(17)19-16(11)18-14/h4-7,9-10H,3,8H2,1-2H3,(H3,17,18,19). The Hall–Kier alpha value is -2.23. The van der Waals surface area contributed by atoms with Gasteiger partial charge in [-0.1, -0.05) is 13.0 Å². The van der Waals surface area contributed by atoms with Crippen LogP contribution in [0.5, 0.6) is 0 Å². The molecule has 0 amide bonds. The van der Waals surface area contributed by atoms with Crippen molar-refractivity contribution >= 4 is 22.4 Å².